The maximum atomic E-state index is 12.9. The van der Waals surface area contributed by atoms with Gasteiger partial charge in [-0.2, -0.15) is 5.10 Å². The van der Waals surface area contributed by atoms with Crippen LogP contribution >= 0.6 is 0 Å². The molecule has 6 nitrogen and oxygen atoms in total. The minimum Gasteiger partial charge on any atom is -0.387 e. The minimum absolute atomic E-state index is 0.0223. The highest BCUT2D eigenvalue weighted by atomic mass is 19.1. The lowest BCUT2D eigenvalue weighted by atomic mass is 10.1. The van der Waals surface area contributed by atoms with Gasteiger partial charge in [0, 0.05) is 17.7 Å². The summed E-state index contributed by atoms with van der Waals surface area (Å²) in [5.41, 5.74) is 1.69. The Morgan fingerprint density at radius 1 is 1.28 bits per heavy atom. The van der Waals surface area contributed by atoms with Crippen LogP contribution < -0.4 is 5.32 Å². The summed E-state index contributed by atoms with van der Waals surface area (Å²) < 4.78 is 12.9. The number of nitrogens with one attached hydrogen (secondary N) is 2. The van der Waals surface area contributed by atoms with Gasteiger partial charge in [0.25, 0.3) is 5.91 Å². The first-order chi connectivity index (χ1) is 12.0. The molecular formula is C18H17FN4O2. The molecule has 1 atom stereocenters. The van der Waals surface area contributed by atoms with E-state index >= 15 is 0 Å². The van der Waals surface area contributed by atoms with Gasteiger partial charge in [0.05, 0.1) is 6.10 Å². The molecule has 0 aliphatic rings. The largest absolute Gasteiger partial charge is 0.387 e. The number of carbonyl (C=O) groups excluding carboxylic acids is 1. The highest BCUT2D eigenvalue weighted by molar-refractivity contribution is 5.95. The van der Waals surface area contributed by atoms with Gasteiger partial charge in [0.15, 0.2) is 5.82 Å². The number of H-pyrrole nitrogens is 1. The second kappa shape index (κ2) is 7.23. The molecule has 1 unspecified atom stereocenters. The first-order valence-electron chi connectivity index (χ1n) is 7.74. The molecule has 128 valence electrons. The van der Waals surface area contributed by atoms with Crippen molar-refractivity contribution in [2.45, 2.75) is 13.0 Å². The fourth-order valence-corrected chi connectivity index (χ4v) is 2.37. The monoisotopic (exact) mass is 340 g/mol. The molecule has 0 saturated heterocycles. The zero-order valence-electron chi connectivity index (χ0n) is 13.5. The number of aliphatic hydroxyl groups excluding tert-OH is 1. The lowest BCUT2D eigenvalue weighted by molar-refractivity contribution is 0.0916. The Labute approximate surface area is 143 Å². The molecule has 7 heteroatoms. The third kappa shape index (κ3) is 4.07. The van der Waals surface area contributed by atoms with Crippen LogP contribution in [0, 0.1) is 12.7 Å². The van der Waals surface area contributed by atoms with Gasteiger partial charge in [-0.05, 0) is 36.8 Å². The van der Waals surface area contributed by atoms with Crippen LogP contribution in [0.4, 0.5) is 4.39 Å². The predicted octanol–water partition coefficient (Wildman–Crippen LogP) is 2.38. The number of hydrogen-bond donors (Lipinski definition) is 3. The third-order valence-corrected chi connectivity index (χ3v) is 3.69. The summed E-state index contributed by atoms with van der Waals surface area (Å²) in [5.74, 6) is 0.500. The minimum atomic E-state index is -0.914. The van der Waals surface area contributed by atoms with Crippen LogP contribution in [0.15, 0.2) is 48.5 Å². The Bertz CT molecular complexity index is 877. The maximum Gasteiger partial charge on any atom is 0.251 e. The van der Waals surface area contributed by atoms with Crippen molar-refractivity contribution in [1.29, 1.82) is 0 Å². The molecule has 1 aromatic heterocycles. The Morgan fingerprint density at radius 3 is 2.72 bits per heavy atom. The van der Waals surface area contributed by atoms with Crippen LogP contribution in [0.2, 0.25) is 0 Å². The molecule has 0 aliphatic heterocycles. The molecule has 3 rings (SSSR count). The van der Waals surface area contributed by atoms with E-state index in [9.17, 15) is 14.3 Å². The smallest absolute Gasteiger partial charge is 0.251 e. The molecule has 0 spiro atoms. The molecule has 1 heterocycles. The number of carbonyl (C=O) groups is 1. The second-order valence-electron chi connectivity index (χ2n) is 5.60. The van der Waals surface area contributed by atoms with E-state index in [0.29, 0.717) is 22.8 Å². The average Bonchev–Trinajstić information content (AvgIpc) is 3.06. The quantitative estimate of drug-likeness (QED) is 0.665. The van der Waals surface area contributed by atoms with E-state index in [1.54, 1.807) is 25.1 Å². The molecule has 25 heavy (non-hydrogen) atoms. The van der Waals surface area contributed by atoms with Crippen LogP contribution in [-0.2, 0) is 0 Å². The van der Waals surface area contributed by atoms with Gasteiger partial charge in [-0.1, -0.05) is 24.3 Å². The van der Waals surface area contributed by atoms with E-state index < -0.39 is 6.10 Å². The van der Waals surface area contributed by atoms with E-state index in [2.05, 4.69) is 20.5 Å². The summed E-state index contributed by atoms with van der Waals surface area (Å²) in [4.78, 5) is 16.5. The number of rotatable bonds is 5. The van der Waals surface area contributed by atoms with Gasteiger partial charge in [0.1, 0.15) is 11.6 Å². The van der Waals surface area contributed by atoms with Crippen LogP contribution in [-0.4, -0.2) is 32.7 Å². The van der Waals surface area contributed by atoms with Crippen LogP contribution in [0.1, 0.15) is 27.8 Å². The number of hydrogen-bond acceptors (Lipinski definition) is 4. The van der Waals surface area contributed by atoms with E-state index in [4.69, 9.17) is 0 Å². The number of halogens is 1. The van der Waals surface area contributed by atoms with E-state index in [0.717, 1.165) is 5.56 Å². The van der Waals surface area contributed by atoms with Crippen molar-refractivity contribution in [2.24, 2.45) is 0 Å². The molecule has 2 aromatic carbocycles. The van der Waals surface area contributed by atoms with Crippen molar-refractivity contribution < 1.29 is 14.3 Å². The summed E-state index contributed by atoms with van der Waals surface area (Å²) in [7, 11) is 0. The lowest BCUT2D eigenvalue weighted by Gasteiger charge is -2.12. The number of benzene rings is 2. The van der Waals surface area contributed by atoms with Crippen molar-refractivity contribution in [2.75, 3.05) is 6.54 Å². The normalized spacial score (nSPS) is 12.0. The van der Waals surface area contributed by atoms with Crippen molar-refractivity contribution in [3.05, 3.63) is 71.3 Å². The molecular weight excluding hydrogens is 323 g/mol. The summed E-state index contributed by atoms with van der Waals surface area (Å²) in [6.07, 6.45) is -0.914. The molecule has 0 bridgehead atoms. The summed E-state index contributed by atoms with van der Waals surface area (Å²) >= 11 is 0. The van der Waals surface area contributed by atoms with Crippen molar-refractivity contribution >= 4 is 5.91 Å². The molecule has 0 aliphatic carbocycles. The number of aromatic nitrogens is 3. The molecule has 3 aromatic rings. The van der Waals surface area contributed by atoms with Gasteiger partial charge in [-0.25, -0.2) is 9.37 Å². The number of aliphatic hydroxyl groups is 1. The second-order valence-corrected chi connectivity index (χ2v) is 5.60. The maximum absolute atomic E-state index is 12.9. The third-order valence-electron chi connectivity index (χ3n) is 3.69. The van der Waals surface area contributed by atoms with Crippen LogP contribution in [0.5, 0.6) is 0 Å². The van der Waals surface area contributed by atoms with Gasteiger partial charge in [-0.3, -0.25) is 9.89 Å². The molecule has 1 amide bonds. The van der Waals surface area contributed by atoms with Gasteiger partial charge in [-0.15, -0.1) is 0 Å². The highest BCUT2D eigenvalue weighted by Crippen LogP contribution is 2.17. The Hall–Kier alpha value is -3.06. The summed E-state index contributed by atoms with van der Waals surface area (Å²) in [5, 5.41) is 19.6. The highest BCUT2D eigenvalue weighted by Gasteiger charge is 2.12. The number of aromatic amines is 1. The SMILES string of the molecule is Cc1nc(-c2cccc(C(=O)NCC(O)c3ccc(F)cc3)c2)n[nH]1. The van der Waals surface area contributed by atoms with E-state index in [1.165, 1.54) is 24.3 Å². The molecule has 0 saturated carbocycles. The van der Waals surface area contributed by atoms with Crippen molar-refractivity contribution in [3.63, 3.8) is 0 Å². The standard InChI is InChI=1S/C18H17FN4O2/c1-11-21-17(23-22-11)13-3-2-4-14(9-13)18(25)20-10-16(24)12-5-7-15(19)8-6-12/h2-9,16,24H,10H2,1H3,(H,20,25)(H,21,22,23). The Balaban J connectivity index is 1.66. The van der Waals surface area contributed by atoms with E-state index in [-0.39, 0.29) is 18.3 Å². The van der Waals surface area contributed by atoms with Crippen molar-refractivity contribution in [1.82, 2.24) is 20.5 Å². The van der Waals surface area contributed by atoms with E-state index in [1.807, 2.05) is 6.07 Å². The summed E-state index contributed by atoms with van der Waals surface area (Å²) in [6.45, 7) is 1.82. The topological polar surface area (TPSA) is 90.9 Å². The Kier molecular flexibility index (Phi) is 4.85. The predicted molar refractivity (Wildman–Crippen MR) is 90.2 cm³/mol. The number of aryl methyl sites for hydroxylation is 1. The van der Waals surface area contributed by atoms with Crippen molar-refractivity contribution in [3.8, 4) is 11.4 Å². The first kappa shape index (κ1) is 16.8. The fourth-order valence-electron chi connectivity index (χ4n) is 2.37. The summed E-state index contributed by atoms with van der Waals surface area (Å²) in [6, 6.07) is 12.4. The Morgan fingerprint density at radius 2 is 2.04 bits per heavy atom. The zero-order chi connectivity index (χ0) is 17.8. The first-order valence-corrected chi connectivity index (χ1v) is 7.74. The van der Waals surface area contributed by atoms with Crippen LogP contribution in [0.3, 0.4) is 0 Å². The van der Waals surface area contributed by atoms with Gasteiger partial charge < -0.3 is 10.4 Å². The molecule has 0 fully saturated rings. The average molecular weight is 340 g/mol. The van der Waals surface area contributed by atoms with Crippen LogP contribution in [0.25, 0.3) is 11.4 Å². The zero-order valence-corrected chi connectivity index (χ0v) is 13.5. The number of amides is 1. The van der Waals surface area contributed by atoms with Gasteiger partial charge >= 0.3 is 0 Å². The molecule has 3 N–H and O–H groups in total. The van der Waals surface area contributed by atoms with Gasteiger partial charge in [0.2, 0.25) is 0 Å². The fraction of sp³-hybridized carbons (Fsp3) is 0.167. The lowest BCUT2D eigenvalue weighted by Crippen LogP contribution is -2.28. The molecule has 0 radical (unpaired) electrons. The number of nitrogens with zero attached hydrogens (tertiary/aromatic N) is 2.